The van der Waals surface area contributed by atoms with Crippen molar-refractivity contribution in [2.45, 2.75) is 26.8 Å². The summed E-state index contributed by atoms with van der Waals surface area (Å²) in [6.45, 7) is 5.25. The lowest BCUT2D eigenvalue weighted by Crippen LogP contribution is -2.34. The predicted octanol–water partition coefficient (Wildman–Crippen LogP) is 4.88. The number of hydrogen-bond acceptors (Lipinski definition) is 5. The van der Waals surface area contributed by atoms with Crippen molar-refractivity contribution >= 4 is 27.9 Å². The summed E-state index contributed by atoms with van der Waals surface area (Å²) in [5, 5.41) is 3.88. The smallest absolute Gasteiger partial charge is 0.339 e. The highest BCUT2D eigenvalue weighted by molar-refractivity contribution is 5.86. The first-order valence-electron chi connectivity index (χ1n) is 11.4. The fourth-order valence-corrected chi connectivity index (χ4v) is 4.19. The molecule has 0 spiro atoms. The van der Waals surface area contributed by atoms with Crippen molar-refractivity contribution in [3.05, 3.63) is 105 Å². The molecule has 0 aliphatic rings. The van der Waals surface area contributed by atoms with E-state index in [1.807, 2.05) is 74.5 Å². The number of carbonyl (C=O) groups is 1. The molecule has 0 radical (unpaired) electrons. The molecule has 7 heteroatoms. The summed E-state index contributed by atoms with van der Waals surface area (Å²) >= 11 is 0. The van der Waals surface area contributed by atoms with Crippen molar-refractivity contribution in [1.29, 1.82) is 0 Å². The Morgan fingerprint density at radius 2 is 1.71 bits per heavy atom. The Balaban J connectivity index is 1.39. The first-order valence-corrected chi connectivity index (χ1v) is 11.4. The molecule has 3 aromatic carbocycles. The standard InChI is InChI=1S/C28H25N3O4/c1-16-17(2)28(33)35-26-18(3)23(14-13-20(16)26)34-15-24(32)31-25(19-9-5-4-6-10-19)27-29-21-11-7-8-12-22(21)30-27/h4-14,25H,15H2,1-3H3,(H,29,30)(H,31,32)/t25-/m1/s1. The molecule has 0 bridgehead atoms. The number of fused-ring (bicyclic) bond motifs is 2. The van der Waals surface area contributed by atoms with Crippen molar-refractivity contribution in [2.75, 3.05) is 6.61 Å². The van der Waals surface area contributed by atoms with Crippen molar-refractivity contribution < 1.29 is 13.9 Å². The monoisotopic (exact) mass is 467 g/mol. The molecule has 0 aliphatic carbocycles. The van der Waals surface area contributed by atoms with E-state index in [1.54, 1.807) is 13.0 Å². The Labute approximate surface area is 201 Å². The summed E-state index contributed by atoms with van der Waals surface area (Å²) in [7, 11) is 0. The highest BCUT2D eigenvalue weighted by Gasteiger charge is 2.21. The lowest BCUT2D eigenvalue weighted by atomic mass is 10.0. The second kappa shape index (κ2) is 9.10. The van der Waals surface area contributed by atoms with E-state index in [0.717, 1.165) is 27.5 Å². The highest BCUT2D eigenvalue weighted by atomic mass is 16.5. The minimum atomic E-state index is -0.471. The quantitative estimate of drug-likeness (QED) is 0.347. The maximum absolute atomic E-state index is 13.0. The summed E-state index contributed by atoms with van der Waals surface area (Å²) in [5.41, 5.74) is 4.86. The van der Waals surface area contributed by atoms with Crippen LogP contribution < -0.4 is 15.7 Å². The van der Waals surface area contributed by atoms with Gasteiger partial charge in [-0.15, -0.1) is 0 Å². The lowest BCUT2D eigenvalue weighted by Gasteiger charge is -2.18. The summed E-state index contributed by atoms with van der Waals surface area (Å²) in [6.07, 6.45) is 0. The number of nitrogens with one attached hydrogen (secondary N) is 2. The van der Waals surface area contributed by atoms with Gasteiger partial charge in [0.1, 0.15) is 23.2 Å². The van der Waals surface area contributed by atoms with Crippen LogP contribution in [0.5, 0.6) is 5.75 Å². The second-order valence-electron chi connectivity index (χ2n) is 8.54. The van der Waals surface area contributed by atoms with Crippen LogP contribution in [0.1, 0.15) is 34.1 Å². The van der Waals surface area contributed by atoms with E-state index >= 15 is 0 Å². The Morgan fingerprint density at radius 1 is 0.971 bits per heavy atom. The van der Waals surface area contributed by atoms with Crippen LogP contribution in [0.4, 0.5) is 0 Å². The van der Waals surface area contributed by atoms with Crippen molar-refractivity contribution in [3.63, 3.8) is 0 Å². The van der Waals surface area contributed by atoms with Crippen molar-refractivity contribution in [3.8, 4) is 5.75 Å². The Hall–Kier alpha value is -4.39. The van der Waals surface area contributed by atoms with Crippen molar-refractivity contribution in [2.24, 2.45) is 0 Å². The van der Waals surface area contributed by atoms with E-state index in [2.05, 4.69) is 15.3 Å². The van der Waals surface area contributed by atoms with E-state index < -0.39 is 6.04 Å². The Morgan fingerprint density at radius 3 is 2.49 bits per heavy atom. The molecule has 7 nitrogen and oxygen atoms in total. The van der Waals surface area contributed by atoms with Gasteiger partial charge in [-0.1, -0.05) is 42.5 Å². The summed E-state index contributed by atoms with van der Waals surface area (Å²) in [5.74, 6) is 0.819. The predicted molar refractivity (Wildman–Crippen MR) is 135 cm³/mol. The third-order valence-electron chi connectivity index (χ3n) is 6.30. The number of para-hydroxylation sites is 2. The molecule has 5 rings (SSSR count). The average Bonchev–Trinajstić information content (AvgIpc) is 3.30. The molecule has 2 aromatic heterocycles. The van der Waals surface area contributed by atoms with Crippen LogP contribution in [0.2, 0.25) is 0 Å². The fraction of sp³-hybridized carbons (Fsp3) is 0.179. The van der Waals surface area contributed by atoms with E-state index in [9.17, 15) is 9.59 Å². The van der Waals surface area contributed by atoms with E-state index in [0.29, 0.717) is 28.3 Å². The average molecular weight is 468 g/mol. The van der Waals surface area contributed by atoms with Crippen LogP contribution in [-0.4, -0.2) is 22.5 Å². The lowest BCUT2D eigenvalue weighted by molar-refractivity contribution is -0.123. The molecule has 0 saturated heterocycles. The molecule has 5 aromatic rings. The molecular formula is C28H25N3O4. The normalized spacial score (nSPS) is 12.1. The minimum Gasteiger partial charge on any atom is -0.483 e. The van der Waals surface area contributed by atoms with Gasteiger partial charge in [-0.05, 0) is 56.2 Å². The molecule has 0 aliphatic heterocycles. The number of nitrogens with zero attached hydrogens (tertiary/aromatic N) is 1. The van der Waals surface area contributed by atoms with Gasteiger partial charge in [-0.25, -0.2) is 9.78 Å². The number of aromatic nitrogens is 2. The van der Waals surface area contributed by atoms with Gasteiger partial charge in [0.2, 0.25) is 0 Å². The highest BCUT2D eigenvalue weighted by Crippen LogP contribution is 2.29. The maximum atomic E-state index is 13.0. The van der Waals surface area contributed by atoms with Gasteiger partial charge in [0.05, 0.1) is 11.0 Å². The van der Waals surface area contributed by atoms with Crippen LogP contribution >= 0.6 is 0 Å². The van der Waals surface area contributed by atoms with Crippen LogP contribution in [0, 0.1) is 20.8 Å². The molecule has 0 saturated carbocycles. The molecule has 176 valence electrons. The van der Waals surface area contributed by atoms with Crippen LogP contribution in [-0.2, 0) is 4.79 Å². The molecule has 1 atom stereocenters. The van der Waals surface area contributed by atoms with Crippen molar-refractivity contribution in [1.82, 2.24) is 15.3 Å². The third-order valence-corrected chi connectivity index (χ3v) is 6.30. The van der Waals surface area contributed by atoms with E-state index in [1.165, 1.54) is 0 Å². The van der Waals surface area contributed by atoms with E-state index in [4.69, 9.17) is 9.15 Å². The number of hydrogen-bond donors (Lipinski definition) is 2. The number of H-pyrrole nitrogens is 1. The van der Waals surface area contributed by atoms with Gasteiger partial charge < -0.3 is 19.5 Å². The van der Waals surface area contributed by atoms with Gasteiger partial charge in [0.25, 0.3) is 5.91 Å². The van der Waals surface area contributed by atoms with Gasteiger partial charge in [0.15, 0.2) is 6.61 Å². The topological polar surface area (TPSA) is 97.2 Å². The summed E-state index contributed by atoms with van der Waals surface area (Å²) < 4.78 is 11.4. The maximum Gasteiger partial charge on any atom is 0.339 e. The number of benzene rings is 3. The number of ether oxygens (including phenoxy) is 1. The Kier molecular flexibility index (Phi) is 5.82. The van der Waals surface area contributed by atoms with E-state index in [-0.39, 0.29) is 18.1 Å². The molecule has 0 unspecified atom stereocenters. The van der Waals surface area contributed by atoms with Gasteiger partial charge in [0, 0.05) is 16.5 Å². The fourth-order valence-electron chi connectivity index (χ4n) is 4.19. The third kappa shape index (κ3) is 4.28. The molecule has 0 fully saturated rings. The zero-order valence-electron chi connectivity index (χ0n) is 19.7. The Bertz CT molecular complexity index is 1570. The number of aromatic amines is 1. The first kappa shape index (κ1) is 22.4. The molecule has 1 amide bonds. The molecular weight excluding hydrogens is 442 g/mol. The zero-order valence-corrected chi connectivity index (χ0v) is 19.7. The van der Waals surface area contributed by atoms with Gasteiger partial charge >= 0.3 is 5.63 Å². The number of aryl methyl sites for hydroxylation is 2. The number of carbonyl (C=O) groups excluding carboxylic acids is 1. The zero-order chi connectivity index (χ0) is 24.5. The first-order chi connectivity index (χ1) is 16.9. The molecule has 35 heavy (non-hydrogen) atoms. The molecule has 2 heterocycles. The number of imidazole rings is 1. The largest absolute Gasteiger partial charge is 0.483 e. The van der Waals surface area contributed by atoms with Crippen LogP contribution in [0.3, 0.4) is 0 Å². The minimum absolute atomic E-state index is 0.203. The van der Waals surface area contributed by atoms with Crippen LogP contribution in [0.25, 0.3) is 22.0 Å². The van der Waals surface area contributed by atoms with Crippen LogP contribution in [0.15, 0.2) is 75.9 Å². The van der Waals surface area contributed by atoms with Gasteiger partial charge in [-0.2, -0.15) is 0 Å². The number of amides is 1. The summed E-state index contributed by atoms with van der Waals surface area (Å²) in [6, 6.07) is 20.6. The SMILES string of the molecule is Cc1c(C)c2ccc(OCC(=O)N[C@H](c3ccccc3)c3nc4ccccc4[nH]3)c(C)c2oc1=O. The molecule has 2 N–H and O–H groups in total. The summed E-state index contributed by atoms with van der Waals surface area (Å²) in [4.78, 5) is 33.1. The number of rotatable bonds is 6. The second-order valence-corrected chi connectivity index (χ2v) is 8.54. The van der Waals surface area contributed by atoms with Gasteiger partial charge in [-0.3, -0.25) is 4.79 Å².